The molecular weight excluding hydrogens is 388 g/mol. The highest BCUT2D eigenvalue weighted by molar-refractivity contribution is 7.92. The van der Waals surface area contributed by atoms with Crippen molar-refractivity contribution >= 4 is 33.2 Å². The van der Waals surface area contributed by atoms with Gasteiger partial charge in [-0.25, -0.2) is 8.42 Å². The molecule has 1 N–H and O–H groups in total. The molecule has 0 bridgehead atoms. The van der Waals surface area contributed by atoms with Gasteiger partial charge in [-0.2, -0.15) is 0 Å². The molecule has 0 fully saturated rings. The van der Waals surface area contributed by atoms with Crippen molar-refractivity contribution in [2.75, 3.05) is 31.6 Å². The fourth-order valence-electron chi connectivity index (χ4n) is 2.40. The van der Waals surface area contributed by atoms with E-state index in [1.54, 1.807) is 37.4 Å². The van der Waals surface area contributed by atoms with Gasteiger partial charge in [0.1, 0.15) is 0 Å². The second kappa shape index (κ2) is 9.21. The summed E-state index contributed by atoms with van der Waals surface area (Å²) in [4.78, 5) is 12.4. The standard InChI is InChI=1S/C19H23ClN2O4S/c1-14-5-8-16(9-6-14)27(24,25)22(2)15-7-10-17(18(20)13-15)19(23)21-11-4-12-26-3/h5-10,13H,4,11-12H2,1-3H3,(H,21,23). The zero-order valence-electron chi connectivity index (χ0n) is 15.5. The minimum Gasteiger partial charge on any atom is -0.385 e. The smallest absolute Gasteiger partial charge is 0.264 e. The fraction of sp³-hybridized carbons (Fsp3) is 0.316. The summed E-state index contributed by atoms with van der Waals surface area (Å²) in [6.45, 7) is 2.90. The van der Waals surface area contributed by atoms with Gasteiger partial charge in [-0.05, 0) is 43.7 Å². The third-order valence-electron chi connectivity index (χ3n) is 4.05. The summed E-state index contributed by atoms with van der Waals surface area (Å²) < 4.78 is 31.6. The number of aryl methyl sites for hydroxylation is 1. The maximum Gasteiger partial charge on any atom is 0.264 e. The van der Waals surface area contributed by atoms with Crippen LogP contribution in [0.4, 0.5) is 5.69 Å². The lowest BCUT2D eigenvalue weighted by Crippen LogP contribution is -2.27. The number of hydrogen-bond donors (Lipinski definition) is 1. The quantitative estimate of drug-likeness (QED) is 0.678. The topological polar surface area (TPSA) is 75.7 Å². The van der Waals surface area contributed by atoms with Crippen molar-refractivity contribution in [2.24, 2.45) is 0 Å². The molecule has 2 aromatic carbocycles. The van der Waals surface area contributed by atoms with Crippen molar-refractivity contribution in [1.82, 2.24) is 5.32 Å². The normalized spacial score (nSPS) is 11.3. The first-order valence-electron chi connectivity index (χ1n) is 8.39. The van der Waals surface area contributed by atoms with Gasteiger partial charge in [0.15, 0.2) is 0 Å². The van der Waals surface area contributed by atoms with Gasteiger partial charge < -0.3 is 10.1 Å². The molecule has 0 atom stereocenters. The minimum atomic E-state index is -3.72. The van der Waals surface area contributed by atoms with Gasteiger partial charge in [-0.3, -0.25) is 9.10 Å². The van der Waals surface area contributed by atoms with Crippen LogP contribution in [0.3, 0.4) is 0 Å². The molecule has 0 aliphatic carbocycles. The molecule has 0 saturated carbocycles. The summed E-state index contributed by atoms with van der Waals surface area (Å²) in [6, 6.07) is 11.1. The molecule has 27 heavy (non-hydrogen) atoms. The van der Waals surface area contributed by atoms with Gasteiger partial charge in [-0.15, -0.1) is 0 Å². The largest absolute Gasteiger partial charge is 0.385 e. The van der Waals surface area contributed by atoms with Crippen molar-refractivity contribution in [2.45, 2.75) is 18.2 Å². The Morgan fingerprint density at radius 3 is 2.44 bits per heavy atom. The number of anilines is 1. The van der Waals surface area contributed by atoms with E-state index in [9.17, 15) is 13.2 Å². The number of amides is 1. The Bertz CT molecular complexity index is 898. The molecule has 0 aromatic heterocycles. The van der Waals surface area contributed by atoms with E-state index < -0.39 is 10.0 Å². The summed E-state index contributed by atoms with van der Waals surface area (Å²) in [6.07, 6.45) is 0.690. The molecule has 2 aromatic rings. The summed E-state index contributed by atoms with van der Waals surface area (Å²) in [5.74, 6) is -0.313. The number of carbonyl (C=O) groups is 1. The van der Waals surface area contributed by atoms with Crippen LogP contribution in [-0.4, -0.2) is 41.6 Å². The Kier molecular flexibility index (Phi) is 7.24. The fourth-order valence-corrected chi connectivity index (χ4v) is 3.85. The molecule has 0 heterocycles. The minimum absolute atomic E-state index is 0.183. The first-order chi connectivity index (χ1) is 12.8. The van der Waals surface area contributed by atoms with Crippen molar-refractivity contribution in [3.8, 4) is 0 Å². The summed E-state index contributed by atoms with van der Waals surface area (Å²) >= 11 is 6.22. The number of carbonyl (C=O) groups excluding carboxylic acids is 1. The second-order valence-corrected chi connectivity index (χ2v) is 8.43. The average molecular weight is 411 g/mol. The molecule has 0 saturated heterocycles. The molecule has 8 heteroatoms. The van der Waals surface area contributed by atoms with Gasteiger partial charge in [0.25, 0.3) is 15.9 Å². The molecule has 2 rings (SSSR count). The molecule has 0 radical (unpaired) electrons. The van der Waals surface area contributed by atoms with Crippen LogP contribution in [0, 0.1) is 6.92 Å². The third-order valence-corrected chi connectivity index (χ3v) is 6.16. The van der Waals surface area contributed by atoms with E-state index in [1.807, 2.05) is 6.92 Å². The zero-order valence-corrected chi connectivity index (χ0v) is 17.1. The van der Waals surface area contributed by atoms with Crippen LogP contribution in [-0.2, 0) is 14.8 Å². The average Bonchev–Trinajstić information content (AvgIpc) is 2.64. The molecular formula is C19H23ClN2O4S. The van der Waals surface area contributed by atoms with Gasteiger partial charge in [0, 0.05) is 27.3 Å². The Hall–Kier alpha value is -2.09. The summed E-state index contributed by atoms with van der Waals surface area (Å²) in [5, 5.41) is 2.93. The lowest BCUT2D eigenvalue weighted by molar-refractivity contribution is 0.0949. The van der Waals surface area contributed by atoms with E-state index >= 15 is 0 Å². The second-order valence-electron chi connectivity index (χ2n) is 6.05. The predicted octanol–water partition coefficient (Wildman–Crippen LogP) is 3.24. The Morgan fingerprint density at radius 2 is 1.85 bits per heavy atom. The first kappa shape index (κ1) is 21.2. The number of halogens is 1. The number of hydrogen-bond acceptors (Lipinski definition) is 4. The highest BCUT2D eigenvalue weighted by atomic mass is 35.5. The lowest BCUT2D eigenvalue weighted by Gasteiger charge is -2.20. The number of rotatable bonds is 8. The molecule has 6 nitrogen and oxygen atoms in total. The zero-order chi connectivity index (χ0) is 20.0. The van der Waals surface area contributed by atoms with Gasteiger partial charge in [-0.1, -0.05) is 29.3 Å². The van der Waals surface area contributed by atoms with Crippen LogP contribution in [0.15, 0.2) is 47.4 Å². The number of nitrogens with one attached hydrogen (secondary N) is 1. The van der Waals surface area contributed by atoms with Crippen molar-refractivity contribution in [3.05, 3.63) is 58.6 Å². The van der Waals surface area contributed by atoms with Crippen LogP contribution in [0.5, 0.6) is 0 Å². The number of nitrogens with zero attached hydrogens (tertiary/aromatic N) is 1. The molecule has 0 unspecified atom stereocenters. The van der Waals surface area contributed by atoms with Crippen LogP contribution >= 0.6 is 11.6 Å². The summed E-state index contributed by atoms with van der Waals surface area (Å²) in [5.41, 5.74) is 1.64. The van der Waals surface area contributed by atoms with E-state index in [-0.39, 0.29) is 15.8 Å². The Balaban J connectivity index is 2.18. The van der Waals surface area contributed by atoms with E-state index in [0.717, 1.165) is 9.87 Å². The SMILES string of the molecule is COCCCNC(=O)c1ccc(N(C)S(=O)(=O)c2ccc(C)cc2)cc1Cl. The Morgan fingerprint density at radius 1 is 1.19 bits per heavy atom. The van der Waals surface area contributed by atoms with Gasteiger partial charge in [0.2, 0.25) is 0 Å². The lowest BCUT2D eigenvalue weighted by atomic mass is 10.2. The van der Waals surface area contributed by atoms with Gasteiger partial charge in [0.05, 0.1) is 21.2 Å². The first-order valence-corrected chi connectivity index (χ1v) is 10.2. The van der Waals surface area contributed by atoms with Crippen molar-refractivity contribution in [3.63, 3.8) is 0 Å². The highest BCUT2D eigenvalue weighted by Crippen LogP contribution is 2.27. The van der Waals surface area contributed by atoms with E-state index in [4.69, 9.17) is 16.3 Å². The number of ether oxygens (including phenoxy) is 1. The van der Waals surface area contributed by atoms with Crippen molar-refractivity contribution < 1.29 is 17.9 Å². The molecule has 0 aliphatic heterocycles. The highest BCUT2D eigenvalue weighted by Gasteiger charge is 2.22. The monoisotopic (exact) mass is 410 g/mol. The van der Waals surface area contributed by atoms with Crippen molar-refractivity contribution in [1.29, 1.82) is 0 Å². The summed E-state index contributed by atoms with van der Waals surface area (Å²) in [7, 11) is -0.673. The maximum absolute atomic E-state index is 12.8. The molecule has 1 amide bonds. The number of sulfonamides is 1. The third kappa shape index (κ3) is 5.22. The van der Waals surface area contributed by atoms with E-state index in [1.165, 1.54) is 19.2 Å². The van der Waals surface area contributed by atoms with Crippen LogP contribution in [0.25, 0.3) is 0 Å². The molecule has 146 valence electrons. The van der Waals surface area contributed by atoms with Gasteiger partial charge >= 0.3 is 0 Å². The number of benzene rings is 2. The molecule has 0 aliphatic rings. The molecule has 0 spiro atoms. The van der Waals surface area contributed by atoms with E-state index in [0.29, 0.717) is 30.8 Å². The van der Waals surface area contributed by atoms with Crippen LogP contribution < -0.4 is 9.62 Å². The van der Waals surface area contributed by atoms with E-state index in [2.05, 4.69) is 5.32 Å². The Labute approximate surface area is 165 Å². The van der Waals surface area contributed by atoms with Crippen LogP contribution in [0.2, 0.25) is 5.02 Å². The van der Waals surface area contributed by atoms with Crippen LogP contribution in [0.1, 0.15) is 22.3 Å². The predicted molar refractivity (Wildman–Crippen MR) is 107 cm³/mol. The maximum atomic E-state index is 12.8. The number of methoxy groups -OCH3 is 1.